The summed E-state index contributed by atoms with van der Waals surface area (Å²) >= 11 is 0. The van der Waals surface area contributed by atoms with Gasteiger partial charge in [-0.15, -0.1) is 0 Å². The number of rotatable bonds is 13. The number of carbonyl (C=O) groups is 2. The van der Waals surface area contributed by atoms with Gasteiger partial charge in [0.1, 0.15) is 12.6 Å². The molecule has 0 aromatic heterocycles. The minimum absolute atomic E-state index is 0.0864. The molecule has 4 rings (SSSR count). The Labute approximate surface area is 255 Å². The number of amides is 2. The molecule has 224 valence electrons. The van der Waals surface area contributed by atoms with Gasteiger partial charge in [-0.25, -0.2) is 8.42 Å². The van der Waals surface area contributed by atoms with Crippen molar-refractivity contribution in [2.45, 2.75) is 51.1 Å². The first-order valence-corrected chi connectivity index (χ1v) is 16.0. The molecule has 4 aromatic rings. The lowest BCUT2D eigenvalue weighted by atomic mass is 10.0. The minimum atomic E-state index is -4.12. The molecule has 0 radical (unpaired) electrons. The van der Waals surface area contributed by atoms with Crippen molar-refractivity contribution in [2.75, 3.05) is 17.4 Å². The number of hydrogen-bond acceptors (Lipinski definition) is 4. The lowest BCUT2D eigenvalue weighted by molar-refractivity contribution is -0.140. The van der Waals surface area contributed by atoms with Gasteiger partial charge in [0.05, 0.1) is 10.6 Å². The first kappa shape index (κ1) is 31.5. The van der Waals surface area contributed by atoms with Crippen molar-refractivity contribution >= 4 is 27.5 Å². The van der Waals surface area contributed by atoms with E-state index in [0.29, 0.717) is 18.7 Å². The number of nitrogens with one attached hydrogen (secondary N) is 1. The fraction of sp³-hybridized carbons (Fsp3) is 0.257. The van der Waals surface area contributed by atoms with E-state index >= 15 is 0 Å². The van der Waals surface area contributed by atoms with E-state index in [2.05, 4.69) is 5.32 Å². The first-order valence-electron chi connectivity index (χ1n) is 14.6. The summed E-state index contributed by atoms with van der Waals surface area (Å²) in [6.45, 7) is 5.83. The third-order valence-corrected chi connectivity index (χ3v) is 9.12. The van der Waals surface area contributed by atoms with Crippen LogP contribution in [0.1, 0.15) is 36.1 Å². The average molecular weight is 598 g/mol. The van der Waals surface area contributed by atoms with Crippen LogP contribution in [0.3, 0.4) is 0 Å². The molecule has 2 amide bonds. The normalized spacial score (nSPS) is 11.9. The predicted octanol–water partition coefficient (Wildman–Crippen LogP) is 5.53. The van der Waals surface area contributed by atoms with Crippen molar-refractivity contribution < 1.29 is 18.0 Å². The van der Waals surface area contributed by atoms with E-state index in [1.807, 2.05) is 87.5 Å². The summed E-state index contributed by atoms with van der Waals surface area (Å²) in [6.07, 6.45) is 0.856. The van der Waals surface area contributed by atoms with Gasteiger partial charge < -0.3 is 10.2 Å². The van der Waals surface area contributed by atoms with Crippen LogP contribution in [0.4, 0.5) is 5.69 Å². The molecule has 0 aliphatic heterocycles. The van der Waals surface area contributed by atoms with Crippen LogP contribution in [-0.2, 0) is 39.0 Å². The number of aryl methyl sites for hydroxylation is 2. The molecule has 0 bridgehead atoms. The molecule has 0 unspecified atom stereocenters. The van der Waals surface area contributed by atoms with Crippen molar-refractivity contribution in [3.63, 3.8) is 0 Å². The average Bonchev–Trinajstić information content (AvgIpc) is 3.03. The van der Waals surface area contributed by atoms with Crippen molar-refractivity contribution in [3.8, 4) is 0 Å². The maximum atomic E-state index is 14.5. The van der Waals surface area contributed by atoms with Crippen LogP contribution < -0.4 is 9.62 Å². The molecule has 0 saturated heterocycles. The number of sulfonamides is 1. The van der Waals surface area contributed by atoms with Crippen LogP contribution in [-0.4, -0.2) is 44.3 Å². The maximum absolute atomic E-state index is 14.5. The SMILES string of the molecule is CCNC(=O)[C@@H](Cc1ccccc1)N(Cc1ccc(C)cc1)C(=O)CN(c1ccccc1CC)S(=O)(=O)c1ccccc1. The molecule has 0 fully saturated rings. The number of para-hydroxylation sites is 1. The van der Waals surface area contributed by atoms with Gasteiger partial charge in [-0.1, -0.05) is 103 Å². The number of benzene rings is 4. The summed E-state index contributed by atoms with van der Waals surface area (Å²) in [5.74, 6) is -0.767. The Kier molecular flexibility index (Phi) is 10.7. The van der Waals surface area contributed by atoms with Crippen LogP contribution in [0.25, 0.3) is 0 Å². The second kappa shape index (κ2) is 14.6. The monoisotopic (exact) mass is 597 g/mol. The second-order valence-electron chi connectivity index (χ2n) is 10.4. The van der Waals surface area contributed by atoms with E-state index in [-0.39, 0.29) is 23.8 Å². The Morgan fingerprint density at radius 1 is 0.767 bits per heavy atom. The topological polar surface area (TPSA) is 86.8 Å². The predicted molar refractivity (Wildman–Crippen MR) is 171 cm³/mol. The van der Waals surface area contributed by atoms with E-state index in [1.165, 1.54) is 21.3 Å². The molecule has 0 saturated carbocycles. The Bertz CT molecular complexity index is 1610. The standard InChI is InChI=1S/C35H39N3O4S/c1-4-30-16-12-13-19-32(30)38(43(41,42)31-17-10-7-11-18-31)26-34(39)37(25-29-22-20-27(3)21-23-29)33(35(40)36-5-2)24-28-14-8-6-9-15-28/h6-23,33H,4-5,24-26H2,1-3H3,(H,36,40)/t33-/m1/s1. The smallest absolute Gasteiger partial charge is 0.264 e. The summed E-state index contributed by atoms with van der Waals surface area (Å²) in [6, 6.07) is 31.8. The molecule has 0 heterocycles. The molecule has 8 heteroatoms. The van der Waals surface area contributed by atoms with Crippen molar-refractivity contribution in [1.29, 1.82) is 0 Å². The zero-order valence-electron chi connectivity index (χ0n) is 24.9. The van der Waals surface area contributed by atoms with Gasteiger partial charge in [-0.05, 0) is 55.2 Å². The number of hydrogen-bond donors (Lipinski definition) is 1. The zero-order chi connectivity index (χ0) is 30.8. The number of likely N-dealkylation sites (N-methyl/N-ethyl adjacent to an activating group) is 1. The minimum Gasteiger partial charge on any atom is -0.355 e. The molecule has 7 nitrogen and oxygen atoms in total. The molecule has 0 aliphatic carbocycles. The van der Waals surface area contributed by atoms with Gasteiger partial charge in [0.2, 0.25) is 11.8 Å². The largest absolute Gasteiger partial charge is 0.355 e. The fourth-order valence-electron chi connectivity index (χ4n) is 5.02. The molecule has 4 aromatic carbocycles. The first-order chi connectivity index (χ1) is 20.7. The highest BCUT2D eigenvalue weighted by Gasteiger charge is 2.35. The molecular weight excluding hydrogens is 558 g/mol. The van der Waals surface area contributed by atoms with Gasteiger partial charge in [-0.2, -0.15) is 0 Å². The molecular formula is C35H39N3O4S. The van der Waals surface area contributed by atoms with Crippen LogP contribution in [0.5, 0.6) is 0 Å². The van der Waals surface area contributed by atoms with E-state index in [0.717, 1.165) is 22.3 Å². The van der Waals surface area contributed by atoms with E-state index in [4.69, 9.17) is 0 Å². The van der Waals surface area contributed by atoms with Crippen molar-refractivity contribution in [2.24, 2.45) is 0 Å². The molecule has 0 spiro atoms. The van der Waals surface area contributed by atoms with Gasteiger partial charge in [-0.3, -0.25) is 13.9 Å². The number of nitrogens with zero attached hydrogens (tertiary/aromatic N) is 2. The van der Waals surface area contributed by atoms with Crippen LogP contribution in [0.2, 0.25) is 0 Å². The van der Waals surface area contributed by atoms with Crippen LogP contribution in [0.15, 0.2) is 114 Å². The fourth-order valence-corrected chi connectivity index (χ4v) is 6.50. The van der Waals surface area contributed by atoms with Gasteiger partial charge >= 0.3 is 0 Å². The third-order valence-electron chi connectivity index (χ3n) is 7.35. The third kappa shape index (κ3) is 7.90. The highest BCUT2D eigenvalue weighted by Crippen LogP contribution is 2.28. The Hall–Kier alpha value is -4.43. The molecule has 1 atom stereocenters. The maximum Gasteiger partial charge on any atom is 0.264 e. The van der Waals surface area contributed by atoms with Crippen LogP contribution in [0, 0.1) is 6.92 Å². The van der Waals surface area contributed by atoms with Crippen molar-refractivity contribution in [3.05, 3.63) is 131 Å². The number of anilines is 1. The van der Waals surface area contributed by atoms with E-state index in [9.17, 15) is 18.0 Å². The summed E-state index contributed by atoms with van der Waals surface area (Å²) < 4.78 is 29.4. The summed E-state index contributed by atoms with van der Waals surface area (Å²) in [5, 5.41) is 2.89. The lowest BCUT2D eigenvalue weighted by Crippen LogP contribution is -2.53. The summed E-state index contributed by atoms with van der Waals surface area (Å²) in [5.41, 5.74) is 4.04. The van der Waals surface area contributed by atoms with Gasteiger partial charge in [0, 0.05) is 19.5 Å². The lowest BCUT2D eigenvalue weighted by Gasteiger charge is -2.34. The van der Waals surface area contributed by atoms with Crippen LogP contribution >= 0.6 is 0 Å². The van der Waals surface area contributed by atoms with Gasteiger partial charge in [0.25, 0.3) is 10.0 Å². The van der Waals surface area contributed by atoms with E-state index < -0.39 is 28.5 Å². The van der Waals surface area contributed by atoms with Crippen molar-refractivity contribution in [1.82, 2.24) is 10.2 Å². The highest BCUT2D eigenvalue weighted by molar-refractivity contribution is 7.92. The molecule has 43 heavy (non-hydrogen) atoms. The summed E-state index contributed by atoms with van der Waals surface area (Å²) in [4.78, 5) is 29.6. The summed E-state index contributed by atoms with van der Waals surface area (Å²) in [7, 11) is -4.12. The quantitative estimate of drug-likeness (QED) is 0.220. The molecule has 0 aliphatic rings. The molecule has 1 N–H and O–H groups in total. The Balaban J connectivity index is 1.81. The number of carbonyl (C=O) groups excluding carboxylic acids is 2. The van der Waals surface area contributed by atoms with Gasteiger partial charge in [0.15, 0.2) is 0 Å². The Morgan fingerprint density at radius 2 is 1.37 bits per heavy atom. The zero-order valence-corrected chi connectivity index (χ0v) is 25.8. The van der Waals surface area contributed by atoms with E-state index in [1.54, 1.807) is 30.3 Å². The second-order valence-corrected chi connectivity index (χ2v) is 12.3. The Morgan fingerprint density at radius 3 is 2.00 bits per heavy atom. The highest BCUT2D eigenvalue weighted by atomic mass is 32.2.